The summed E-state index contributed by atoms with van der Waals surface area (Å²) < 4.78 is 1.73. The smallest absolute Gasteiger partial charge is 0.255 e. The zero-order chi connectivity index (χ0) is 13.9. The third kappa shape index (κ3) is 3.05. The minimum absolute atomic E-state index is 0.0624. The van der Waals surface area contributed by atoms with Gasteiger partial charge in [0.25, 0.3) is 5.91 Å². The number of aryl methyl sites for hydroxylation is 2. The second-order valence-corrected chi connectivity index (χ2v) is 5.35. The van der Waals surface area contributed by atoms with E-state index in [0.29, 0.717) is 11.4 Å². The molecule has 1 heterocycles. The molecule has 4 nitrogen and oxygen atoms in total. The Morgan fingerprint density at radius 2 is 2.11 bits per heavy atom. The van der Waals surface area contributed by atoms with Crippen LogP contribution in [0.15, 0.2) is 0 Å². The average molecular weight is 272 g/mol. The number of amides is 1. The summed E-state index contributed by atoms with van der Waals surface area (Å²) in [5.74, 6) is 0.475. The first kappa shape index (κ1) is 15.0. The Morgan fingerprint density at radius 3 is 2.50 bits per heavy atom. The zero-order valence-corrected chi connectivity index (χ0v) is 12.6. The van der Waals surface area contributed by atoms with Crippen molar-refractivity contribution in [3.05, 3.63) is 17.0 Å². The second-order valence-electron chi connectivity index (χ2n) is 4.98. The van der Waals surface area contributed by atoms with Gasteiger partial charge in [0, 0.05) is 24.2 Å². The molecule has 102 valence electrons. The van der Waals surface area contributed by atoms with E-state index in [2.05, 4.69) is 17.3 Å². The van der Waals surface area contributed by atoms with E-state index in [9.17, 15) is 4.79 Å². The van der Waals surface area contributed by atoms with Crippen LogP contribution in [0.1, 0.15) is 48.4 Å². The zero-order valence-electron chi connectivity index (χ0n) is 11.8. The van der Waals surface area contributed by atoms with Gasteiger partial charge in [-0.25, -0.2) is 0 Å². The van der Waals surface area contributed by atoms with Gasteiger partial charge in [-0.2, -0.15) is 5.10 Å². The van der Waals surface area contributed by atoms with Gasteiger partial charge in [0.05, 0.1) is 11.3 Å². The Balaban J connectivity index is 2.94. The Hall–Kier alpha value is -1.03. The molecule has 0 aliphatic carbocycles. The molecule has 1 aromatic rings. The molecule has 0 fully saturated rings. The number of alkyl halides is 1. The number of halogens is 1. The van der Waals surface area contributed by atoms with Crippen LogP contribution in [0.25, 0.3) is 0 Å². The monoisotopic (exact) mass is 271 g/mol. The summed E-state index contributed by atoms with van der Waals surface area (Å²) >= 11 is 5.79. The second kappa shape index (κ2) is 5.74. The quantitative estimate of drug-likeness (QED) is 0.837. The van der Waals surface area contributed by atoms with E-state index in [1.165, 1.54) is 0 Å². The van der Waals surface area contributed by atoms with Crippen LogP contribution in [0.5, 0.6) is 0 Å². The molecule has 1 rings (SSSR count). The van der Waals surface area contributed by atoms with Crippen LogP contribution in [0.3, 0.4) is 0 Å². The molecule has 5 heteroatoms. The van der Waals surface area contributed by atoms with Gasteiger partial charge in [0.2, 0.25) is 0 Å². The van der Waals surface area contributed by atoms with Gasteiger partial charge in [-0.15, -0.1) is 11.6 Å². The van der Waals surface area contributed by atoms with Crippen molar-refractivity contribution in [2.75, 3.05) is 5.88 Å². The van der Waals surface area contributed by atoms with Gasteiger partial charge in [0.15, 0.2) is 0 Å². The lowest BCUT2D eigenvalue weighted by Gasteiger charge is -2.29. The minimum Gasteiger partial charge on any atom is -0.347 e. The molecule has 0 aromatic carbocycles. The molecular weight excluding hydrogens is 250 g/mol. The highest BCUT2D eigenvalue weighted by molar-refractivity contribution is 6.17. The average Bonchev–Trinajstić information content (AvgIpc) is 2.53. The van der Waals surface area contributed by atoms with Gasteiger partial charge in [-0.05, 0) is 33.6 Å². The molecule has 0 bridgehead atoms. The van der Waals surface area contributed by atoms with Crippen LogP contribution in [0.2, 0.25) is 0 Å². The first-order valence-electron chi connectivity index (χ1n) is 6.23. The number of nitrogens with zero attached hydrogens (tertiary/aromatic N) is 2. The highest BCUT2D eigenvalue weighted by atomic mass is 35.5. The molecule has 0 saturated carbocycles. The van der Waals surface area contributed by atoms with Gasteiger partial charge >= 0.3 is 0 Å². The fourth-order valence-corrected chi connectivity index (χ4v) is 2.39. The van der Waals surface area contributed by atoms with Crippen LogP contribution in [-0.4, -0.2) is 27.1 Å². The summed E-state index contributed by atoms with van der Waals surface area (Å²) in [5, 5.41) is 7.34. The van der Waals surface area contributed by atoms with Crippen molar-refractivity contribution in [1.29, 1.82) is 0 Å². The number of carbonyl (C=O) groups is 1. The SMILES string of the molecule is CCC(C)(CCCl)NC(=O)c1c(C)nn(C)c1C. The van der Waals surface area contributed by atoms with E-state index in [1.54, 1.807) is 4.68 Å². The molecule has 1 N–H and O–H groups in total. The highest BCUT2D eigenvalue weighted by Crippen LogP contribution is 2.18. The minimum atomic E-state index is -0.256. The molecule has 0 spiro atoms. The third-order valence-corrected chi connectivity index (χ3v) is 3.77. The lowest BCUT2D eigenvalue weighted by atomic mass is 9.95. The Bertz CT molecular complexity index is 442. The first-order chi connectivity index (χ1) is 8.34. The fraction of sp³-hybridized carbons (Fsp3) is 0.692. The normalized spacial score (nSPS) is 14.3. The molecule has 1 amide bonds. The number of hydrogen-bond donors (Lipinski definition) is 1. The van der Waals surface area contributed by atoms with Gasteiger partial charge in [-0.1, -0.05) is 6.92 Å². The fourth-order valence-electron chi connectivity index (χ4n) is 1.98. The van der Waals surface area contributed by atoms with Crippen molar-refractivity contribution in [1.82, 2.24) is 15.1 Å². The molecule has 0 saturated heterocycles. The third-order valence-electron chi connectivity index (χ3n) is 3.58. The summed E-state index contributed by atoms with van der Waals surface area (Å²) in [6, 6.07) is 0. The molecule has 1 unspecified atom stereocenters. The molecular formula is C13H22ClN3O. The van der Waals surface area contributed by atoms with E-state index in [-0.39, 0.29) is 11.4 Å². The van der Waals surface area contributed by atoms with Crippen LogP contribution in [0, 0.1) is 13.8 Å². The Kier molecular flexibility index (Phi) is 4.79. The summed E-state index contributed by atoms with van der Waals surface area (Å²) in [6.45, 7) is 7.83. The van der Waals surface area contributed by atoms with Gasteiger partial charge in [-0.3, -0.25) is 9.48 Å². The molecule has 18 heavy (non-hydrogen) atoms. The van der Waals surface area contributed by atoms with Gasteiger partial charge < -0.3 is 5.32 Å². The standard InChI is InChI=1S/C13H22ClN3O/c1-6-13(4,7-8-14)15-12(18)11-9(2)16-17(5)10(11)3/h6-8H2,1-5H3,(H,15,18). The predicted octanol–water partition coefficient (Wildman–Crippen LogP) is 2.56. The van der Waals surface area contributed by atoms with Crippen molar-refractivity contribution in [3.63, 3.8) is 0 Å². The van der Waals surface area contributed by atoms with Crippen LogP contribution in [-0.2, 0) is 7.05 Å². The van der Waals surface area contributed by atoms with E-state index in [1.807, 2.05) is 27.8 Å². The lowest BCUT2D eigenvalue weighted by molar-refractivity contribution is 0.0900. The number of aromatic nitrogens is 2. The first-order valence-corrected chi connectivity index (χ1v) is 6.76. The number of carbonyl (C=O) groups excluding carboxylic acids is 1. The molecule has 1 atom stereocenters. The van der Waals surface area contributed by atoms with Crippen molar-refractivity contribution < 1.29 is 4.79 Å². The van der Waals surface area contributed by atoms with Crippen LogP contribution in [0.4, 0.5) is 0 Å². The maximum absolute atomic E-state index is 12.3. The van der Waals surface area contributed by atoms with E-state index >= 15 is 0 Å². The lowest BCUT2D eigenvalue weighted by Crippen LogP contribution is -2.46. The number of nitrogens with one attached hydrogen (secondary N) is 1. The van der Waals surface area contributed by atoms with Gasteiger partial charge in [0.1, 0.15) is 0 Å². The summed E-state index contributed by atoms with van der Waals surface area (Å²) in [5.41, 5.74) is 2.06. The van der Waals surface area contributed by atoms with E-state index in [4.69, 9.17) is 11.6 Å². The van der Waals surface area contributed by atoms with Crippen LogP contribution < -0.4 is 5.32 Å². The molecule has 0 aliphatic heterocycles. The Morgan fingerprint density at radius 1 is 1.50 bits per heavy atom. The summed E-state index contributed by atoms with van der Waals surface area (Å²) in [7, 11) is 1.84. The van der Waals surface area contributed by atoms with E-state index in [0.717, 1.165) is 24.2 Å². The summed E-state index contributed by atoms with van der Waals surface area (Å²) in [6.07, 6.45) is 1.61. The predicted molar refractivity (Wildman–Crippen MR) is 74.2 cm³/mol. The van der Waals surface area contributed by atoms with Crippen molar-refractivity contribution >= 4 is 17.5 Å². The number of hydrogen-bond acceptors (Lipinski definition) is 2. The van der Waals surface area contributed by atoms with Crippen molar-refractivity contribution in [3.8, 4) is 0 Å². The molecule has 0 aliphatic rings. The Labute approximate surface area is 114 Å². The highest BCUT2D eigenvalue weighted by Gasteiger charge is 2.26. The number of rotatable bonds is 5. The molecule has 0 radical (unpaired) electrons. The van der Waals surface area contributed by atoms with Crippen molar-refractivity contribution in [2.24, 2.45) is 7.05 Å². The largest absolute Gasteiger partial charge is 0.347 e. The van der Waals surface area contributed by atoms with Crippen LogP contribution >= 0.6 is 11.6 Å². The maximum atomic E-state index is 12.3. The summed E-state index contributed by atoms with van der Waals surface area (Å²) in [4.78, 5) is 12.3. The topological polar surface area (TPSA) is 46.9 Å². The molecule has 1 aromatic heterocycles. The van der Waals surface area contributed by atoms with Crippen molar-refractivity contribution in [2.45, 2.75) is 46.1 Å². The maximum Gasteiger partial charge on any atom is 0.255 e. The van der Waals surface area contributed by atoms with E-state index < -0.39 is 0 Å².